The van der Waals surface area contributed by atoms with Crippen LogP contribution in [0.2, 0.25) is 0 Å². The van der Waals surface area contributed by atoms with E-state index in [1.54, 1.807) is 39.2 Å². The number of rotatable bonds is 6. The fraction of sp³-hybridized carbons (Fsp3) is 0.207. The Balaban J connectivity index is 1.83. The number of benzene rings is 3. The van der Waals surface area contributed by atoms with Gasteiger partial charge in [-0.2, -0.15) is 0 Å². The second kappa shape index (κ2) is 10.2. The number of phenols is 1. The molecule has 1 aliphatic heterocycles. The molecule has 1 unspecified atom stereocenters. The minimum atomic E-state index is -0.817. The van der Waals surface area contributed by atoms with Crippen molar-refractivity contribution < 1.29 is 24.1 Å². The summed E-state index contributed by atoms with van der Waals surface area (Å²) in [5.41, 5.74) is 1.80. The zero-order valence-corrected chi connectivity index (χ0v) is 22.2. The van der Waals surface area contributed by atoms with Crippen molar-refractivity contribution in [3.8, 4) is 17.2 Å². The summed E-state index contributed by atoms with van der Waals surface area (Å²) in [5, 5.41) is 11.8. The minimum absolute atomic E-state index is 0.00358. The van der Waals surface area contributed by atoms with E-state index in [0.29, 0.717) is 37.7 Å². The highest BCUT2D eigenvalue weighted by Gasteiger charge is 2.36. The van der Waals surface area contributed by atoms with Crippen molar-refractivity contribution in [2.75, 3.05) is 20.8 Å². The molecule has 194 valence electrons. The van der Waals surface area contributed by atoms with Gasteiger partial charge in [0.05, 0.1) is 36.6 Å². The molecule has 1 aliphatic rings. The van der Waals surface area contributed by atoms with Crippen LogP contribution in [0.4, 0.5) is 0 Å². The Kier molecular flexibility index (Phi) is 6.77. The highest BCUT2D eigenvalue weighted by molar-refractivity contribution is 7.07. The maximum Gasteiger partial charge on any atom is 0.338 e. The molecule has 0 saturated carbocycles. The molecule has 0 spiro atoms. The largest absolute Gasteiger partial charge is 0.504 e. The Labute approximate surface area is 222 Å². The van der Waals surface area contributed by atoms with Crippen molar-refractivity contribution in [2.45, 2.75) is 19.9 Å². The molecule has 2 heterocycles. The summed E-state index contributed by atoms with van der Waals surface area (Å²) < 4.78 is 18.4. The highest BCUT2D eigenvalue weighted by Crippen LogP contribution is 2.40. The summed E-state index contributed by atoms with van der Waals surface area (Å²) in [6, 6.07) is 15.6. The smallest absolute Gasteiger partial charge is 0.338 e. The molecule has 9 heteroatoms. The van der Waals surface area contributed by atoms with Crippen LogP contribution in [0.5, 0.6) is 17.2 Å². The molecule has 1 N–H and O–H groups in total. The lowest BCUT2D eigenvalue weighted by Gasteiger charge is -2.27. The van der Waals surface area contributed by atoms with Gasteiger partial charge in [-0.25, -0.2) is 9.79 Å². The van der Waals surface area contributed by atoms with Gasteiger partial charge < -0.3 is 19.3 Å². The van der Waals surface area contributed by atoms with Crippen molar-refractivity contribution in [1.82, 2.24) is 4.57 Å². The number of thiazole rings is 1. The molecule has 0 aliphatic carbocycles. The number of hydrogen-bond donors (Lipinski definition) is 1. The molecule has 0 radical (unpaired) electrons. The Morgan fingerprint density at radius 3 is 2.61 bits per heavy atom. The second-order valence-corrected chi connectivity index (χ2v) is 9.65. The average Bonchev–Trinajstić information content (AvgIpc) is 3.22. The number of aromatic hydroxyl groups is 1. The molecule has 0 fully saturated rings. The monoisotopic (exact) mass is 530 g/mol. The second-order valence-electron chi connectivity index (χ2n) is 8.64. The molecule has 5 rings (SSSR count). The number of ether oxygens (including phenoxy) is 3. The van der Waals surface area contributed by atoms with E-state index in [4.69, 9.17) is 14.2 Å². The van der Waals surface area contributed by atoms with Crippen LogP contribution in [0.1, 0.15) is 31.0 Å². The van der Waals surface area contributed by atoms with Crippen LogP contribution >= 0.6 is 11.3 Å². The van der Waals surface area contributed by atoms with Gasteiger partial charge in [-0.1, -0.05) is 47.7 Å². The van der Waals surface area contributed by atoms with E-state index in [2.05, 4.69) is 4.99 Å². The SMILES string of the molecule is CCOC(=O)C1=C(C)N=c2sc(=Cc3ccc(O)c(OC)c3)c(=O)n2C1c1c(OC)ccc2ccccc12. The number of nitrogens with zero attached hydrogens (tertiary/aromatic N) is 2. The van der Waals surface area contributed by atoms with Crippen LogP contribution < -0.4 is 24.4 Å². The molecule has 4 aromatic rings. The van der Waals surface area contributed by atoms with E-state index in [1.807, 2.05) is 36.4 Å². The number of carbonyl (C=O) groups excluding carboxylic acids is 1. The maximum atomic E-state index is 14.0. The number of phenolic OH excluding ortho intramolecular Hbond substituents is 1. The van der Waals surface area contributed by atoms with Gasteiger partial charge in [-0.15, -0.1) is 0 Å². The highest BCUT2D eigenvalue weighted by atomic mass is 32.1. The van der Waals surface area contributed by atoms with Crippen molar-refractivity contribution in [1.29, 1.82) is 0 Å². The first kappa shape index (κ1) is 25.3. The fourth-order valence-corrected chi connectivity index (χ4v) is 5.78. The number of allylic oxidation sites excluding steroid dienone is 1. The third-order valence-electron chi connectivity index (χ3n) is 6.44. The predicted molar refractivity (Wildman–Crippen MR) is 146 cm³/mol. The number of hydrogen-bond acceptors (Lipinski definition) is 8. The molecular weight excluding hydrogens is 504 g/mol. The number of carbonyl (C=O) groups is 1. The topological polar surface area (TPSA) is 99.4 Å². The molecule has 8 nitrogen and oxygen atoms in total. The van der Waals surface area contributed by atoms with Crippen molar-refractivity contribution in [2.24, 2.45) is 4.99 Å². The molecule has 1 atom stereocenters. The van der Waals surface area contributed by atoms with E-state index < -0.39 is 12.0 Å². The number of fused-ring (bicyclic) bond motifs is 2. The standard InChI is InChI=1S/C29H26N2O6S/c1-5-37-28(34)24-16(2)30-29-31(26(24)25-19-9-7-6-8-18(19)11-13-21(25)35-3)27(33)23(38-29)15-17-10-12-20(32)22(14-17)36-4/h6-15,26,32H,5H2,1-4H3. The summed E-state index contributed by atoms with van der Waals surface area (Å²) in [6.07, 6.45) is 1.71. The third-order valence-corrected chi connectivity index (χ3v) is 7.43. The molecule has 0 bridgehead atoms. The van der Waals surface area contributed by atoms with Crippen LogP contribution in [-0.4, -0.2) is 36.5 Å². The first-order valence-electron chi connectivity index (χ1n) is 12.0. The van der Waals surface area contributed by atoms with Crippen molar-refractivity contribution in [3.05, 3.63) is 96.7 Å². The van der Waals surface area contributed by atoms with E-state index in [9.17, 15) is 14.7 Å². The molecule has 38 heavy (non-hydrogen) atoms. The van der Waals surface area contributed by atoms with Gasteiger partial charge >= 0.3 is 5.97 Å². The zero-order valence-electron chi connectivity index (χ0n) is 21.3. The lowest BCUT2D eigenvalue weighted by atomic mass is 9.90. The van der Waals surface area contributed by atoms with Gasteiger partial charge in [0, 0.05) is 5.56 Å². The molecule has 3 aromatic carbocycles. The predicted octanol–water partition coefficient (Wildman–Crippen LogP) is 3.67. The summed E-state index contributed by atoms with van der Waals surface area (Å²) >= 11 is 1.22. The number of methoxy groups -OCH3 is 2. The summed E-state index contributed by atoms with van der Waals surface area (Å²) in [5.74, 6) is 0.309. The van der Waals surface area contributed by atoms with Gasteiger partial charge in [-0.3, -0.25) is 9.36 Å². The zero-order chi connectivity index (χ0) is 27.0. The van der Waals surface area contributed by atoms with Gasteiger partial charge in [-0.05, 0) is 54.5 Å². The van der Waals surface area contributed by atoms with Gasteiger partial charge in [0.15, 0.2) is 16.3 Å². The van der Waals surface area contributed by atoms with Crippen molar-refractivity contribution >= 4 is 34.2 Å². The summed E-state index contributed by atoms with van der Waals surface area (Å²) in [7, 11) is 3.03. The minimum Gasteiger partial charge on any atom is -0.504 e. The van der Waals surface area contributed by atoms with Crippen LogP contribution in [0, 0.1) is 0 Å². The first-order chi connectivity index (χ1) is 18.4. The van der Waals surface area contributed by atoms with Gasteiger partial charge in [0.25, 0.3) is 5.56 Å². The first-order valence-corrected chi connectivity index (χ1v) is 12.8. The average molecular weight is 531 g/mol. The number of esters is 1. The normalized spacial score (nSPS) is 15.3. The van der Waals surface area contributed by atoms with Crippen LogP contribution in [0.3, 0.4) is 0 Å². The van der Waals surface area contributed by atoms with Crippen LogP contribution in [-0.2, 0) is 9.53 Å². The molecule has 0 amide bonds. The van der Waals surface area contributed by atoms with E-state index in [0.717, 1.165) is 10.8 Å². The Morgan fingerprint density at radius 1 is 1.11 bits per heavy atom. The quantitative estimate of drug-likeness (QED) is 0.382. The van der Waals surface area contributed by atoms with Crippen LogP contribution in [0.25, 0.3) is 16.8 Å². The Bertz CT molecular complexity index is 1780. The summed E-state index contributed by atoms with van der Waals surface area (Å²) in [6.45, 7) is 3.67. The Morgan fingerprint density at radius 2 is 1.87 bits per heavy atom. The van der Waals surface area contributed by atoms with Gasteiger partial charge in [0.1, 0.15) is 11.8 Å². The van der Waals surface area contributed by atoms with E-state index in [1.165, 1.54) is 29.1 Å². The molecular formula is C29H26N2O6S. The molecule has 1 aromatic heterocycles. The maximum absolute atomic E-state index is 14.0. The Hall–Kier alpha value is -4.37. The van der Waals surface area contributed by atoms with Crippen LogP contribution in [0.15, 0.2) is 75.7 Å². The lowest BCUT2D eigenvalue weighted by Crippen LogP contribution is -2.40. The van der Waals surface area contributed by atoms with E-state index >= 15 is 0 Å². The van der Waals surface area contributed by atoms with Gasteiger partial charge in [0.2, 0.25) is 0 Å². The third kappa shape index (κ3) is 4.24. The van der Waals surface area contributed by atoms with Crippen molar-refractivity contribution in [3.63, 3.8) is 0 Å². The number of aromatic nitrogens is 1. The summed E-state index contributed by atoms with van der Waals surface area (Å²) in [4.78, 5) is 32.4. The molecule has 0 saturated heterocycles. The lowest BCUT2D eigenvalue weighted by molar-refractivity contribution is -0.139. The fourth-order valence-electron chi connectivity index (χ4n) is 4.74. The van der Waals surface area contributed by atoms with E-state index in [-0.39, 0.29) is 23.5 Å².